The quantitative estimate of drug-likeness (QED) is 0.500. The van der Waals surface area contributed by atoms with Gasteiger partial charge < -0.3 is 9.88 Å². The number of alkyl halides is 3. The summed E-state index contributed by atoms with van der Waals surface area (Å²) in [6.07, 6.45) is -2.76. The molecule has 1 aliphatic heterocycles. The predicted octanol–water partition coefficient (Wildman–Crippen LogP) is 3.91. The van der Waals surface area contributed by atoms with Crippen molar-refractivity contribution in [3.05, 3.63) is 59.4 Å². The average Bonchev–Trinajstić information content (AvgIpc) is 3.31. The highest BCUT2D eigenvalue weighted by Crippen LogP contribution is 2.31. The van der Waals surface area contributed by atoms with Crippen LogP contribution in [-0.2, 0) is 23.9 Å². The van der Waals surface area contributed by atoms with Crippen molar-refractivity contribution in [3.8, 4) is 0 Å². The van der Waals surface area contributed by atoms with Crippen LogP contribution in [0.1, 0.15) is 16.8 Å². The molecule has 0 saturated carbocycles. The van der Waals surface area contributed by atoms with Gasteiger partial charge in [0.05, 0.1) is 11.3 Å². The maximum absolute atomic E-state index is 13.0. The average molecular weight is 431 g/mol. The highest BCUT2D eigenvalue weighted by Gasteiger charge is 2.31. The SMILES string of the molecule is O=C(CSc1nnc2ccc(C(F)(F)F)cn12)N1CCc2[nH]c3ccccc3c2C1. The van der Waals surface area contributed by atoms with Crippen molar-refractivity contribution in [1.82, 2.24) is 24.5 Å². The Kier molecular flexibility index (Phi) is 4.46. The molecule has 1 aliphatic rings. The zero-order chi connectivity index (χ0) is 20.9. The van der Waals surface area contributed by atoms with Gasteiger partial charge in [-0.2, -0.15) is 13.2 Å². The Bertz CT molecular complexity index is 1260. The van der Waals surface area contributed by atoms with Crippen molar-refractivity contribution >= 4 is 34.2 Å². The number of aromatic nitrogens is 4. The van der Waals surface area contributed by atoms with Crippen LogP contribution < -0.4 is 0 Å². The molecule has 1 amide bonds. The number of rotatable bonds is 3. The van der Waals surface area contributed by atoms with Crippen molar-refractivity contribution in [2.45, 2.75) is 24.3 Å². The fourth-order valence-corrected chi connectivity index (χ4v) is 4.55. The second-order valence-corrected chi connectivity index (χ2v) is 8.05. The summed E-state index contributed by atoms with van der Waals surface area (Å²) in [6.45, 7) is 1.11. The van der Waals surface area contributed by atoms with E-state index in [9.17, 15) is 18.0 Å². The number of hydrogen-bond acceptors (Lipinski definition) is 4. The third kappa shape index (κ3) is 3.30. The molecule has 0 fully saturated rings. The van der Waals surface area contributed by atoms with E-state index in [-0.39, 0.29) is 16.8 Å². The number of nitrogens with zero attached hydrogens (tertiary/aromatic N) is 4. The lowest BCUT2D eigenvalue weighted by atomic mass is 10.0. The van der Waals surface area contributed by atoms with E-state index in [1.165, 1.54) is 10.5 Å². The molecule has 3 aromatic heterocycles. The van der Waals surface area contributed by atoms with E-state index in [0.29, 0.717) is 18.7 Å². The number of fused-ring (bicyclic) bond motifs is 4. The Balaban J connectivity index is 1.32. The lowest BCUT2D eigenvalue weighted by Gasteiger charge is -2.27. The molecule has 0 radical (unpaired) electrons. The molecule has 0 saturated heterocycles. The van der Waals surface area contributed by atoms with E-state index in [0.717, 1.165) is 52.6 Å². The molecular formula is C20H16F3N5OS. The molecule has 30 heavy (non-hydrogen) atoms. The van der Waals surface area contributed by atoms with Crippen molar-refractivity contribution in [3.63, 3.8) is 0 Å². The van der Waals surface area contributed by atoms with Crippen LogP contribution in [0.3, 0.4) is 0 Å². The summed E-state index contributed by atoms with van der Waals surface area (Å²) in [4.78, 5) is 18.0. The third-order valence-electron chi connectivity index (χ3n) is 5.26. The van der Waals surface area contributed by atoms with Crippen molar-refractivity contribution < 1.29 is 18.0 Å². The number of amides is 1. The molecule has 0 bridgehead atoms. The number of benzene rings is 1. The van der Waals surface area contributed by atoms with Gasteiger partial charge in [-0.15, -0.1) is 10.2 Å². The first-order valence-corrected chi connectivity index (χ1v) is 10.3. The first kappa shape index (κ1) is 19.0. The number of halogens is 3. The third-order valence-corrected chi connectivity index (χ3v) is 6.19. The number of hydrogen-bond donors (Lipinski definition) is 1. The summed E-state index contributed by atoms with van der Waals surface area (Å²) >= 11 is 1.09. The first-order valence-electron chi connectivity index (χ1n) is 9.31. The lowest BCUT2D eigenvalue weighted by molar-refractivity contribution is -0.138. The molecule has 4 aromatic rings. The summed E-state index contributed by atoms with van der Waals surface area (Å²) in [7, 11) is 0. The van der Waals surface area contributed by atoms with Crippen LogP contribution in [0.2, 0.25) is 0 Å². The van der Waals surface area contributed by atoms with Crippen LogP contribution in [0.25, 0.3) is 16.6 Å². The van der Waals surface area contributed by atoms with Gasteiger partial charge in [-0.25, -0.2) is 0 Å². The lowest BCUT2D eigenvalue weighted by Crippen LogP contribution is -2.36. The van der Waals surface area contributed by atoms with E-state index in [1.807, 2.05) is 24.3 Å². The monoisotopic (exact) mass is 431 g/mol. The summed E-state index contributed by atoms with van der Waals surface area (Å²) in [5, 5.41) is 9.19. The minimum absolute atomic E-state index is 0.0781. The molecule has 4 heterocycles. The predicted molar refractivity (Wildman–Crippen MR) is 106 cm³/mol. The van der Waals surface area contributed by atoms with Crippen LogP contribution in [0.5, 0.6) is 0 Å². The van der Waals surface area contributed by atoms with Crippen LogP contribution in [0, 0.1) is 0 Å². The number of nitrogens with one attached hydrogen (secondary N) is 1. The minimum atomic E-state index is -4.46. The Morgan fingerprint density at radius 1 is 1.17 bits per heavy atom. The number of H-pyrrole nitrogens is 1. The van der Waals surface area contributed by atoms with Crippen LogP contribution in [0.4, 0.5) is 13.2 Å². The van der Waals surface area contributed by atoms with Gasteiger partial charge >= 0.3 is 6.18 Å². The summed E-state index contributed by atoms with van der Waals surface area (Å²) in [5.74, 6) is -0.00555. The minimum Gasteiger partial charge on any atom is -0.358 e. The van der Waals surface area contributed by atoms with Gasteiger partial charge in [0, 0.05) is 47.9 Å². The summed E-state index contributed by atoms with van der Waals surface area (Å²) in [5.41, 5.74) is 2.85. The summed E-state index contributed by atoms with van der Waals surface area (Å²) in [6, 6.07) is 10.2. The zero-order valence-electron chi connectivity index (χ0n) is 15.6. The van der Waals surface area contributed by atoms with Gasteiger partial charge in [-0.1, -0.05) is 30.0 Å². The number of pyridine rings is 1. The van der Waals surface area contributed by atoms with Gasteiger partial charge in [-0.3, -0.25) is 9.20 Å². The highest BCUT2D eigenvalue weighted by atomic mass is 32.2. The fourth-order valence-electron chi connectivity index (χ4n) is 3.73. The molecular weight excluding hydrogens is 415 g/mol. The molecule has 154 valence electrons. The Labute approximate surface area is 173 Å². The Morgan fingerprint density at radius 3 is 2.83 bits per heavy atom. The Morgan fingerprint density at radius 2 is 2.00 bits per heavy atom. The van der Waals surface area contributed by atoms with E-state index in [2.05, 4.69) is 15.2 Å². The largest absolute Gasteiger partial charge is 0.417 e. The second-order valence-electron chi connectivity index (χ2n) is 7.11. The molecule has 10 heteroatoms. The second kappa shape index (κ2) is 7.05. The number of aromatic amines is 1. The smallest absolute Gasteiger partial charge is 0.358 e. The molecule has 6 nitrogen and oxygen atoms in total. The molecule has 0 atom stereocenters. The molecule has 1 N–H and O–H groups in total. The Hall–Kier alpha value is -3.01. The first-order chi connectivity index (χ1) is 14.4. The van der Waals surface area contributed by atoms with E-state index in [4.69, 9.17) is 0 Å². The maximum atomic E-state index is 13.0. The molecule has 5 rings (SSSR count). The van der Waals surface area contributed by atoms with E-state index < -0.39 is 11.7 Å². The van der Waals surface area contributed by atoms with Gasteiger partial charge in [-0.05, 0) is 18.2 Å². The van der Waals surface area contributed by atoms with Crippen LogP contribution >= 0.6 is 11.8 Å². The molecule has 0 spiro atoms. The van der Waals surface area contributed by atoms with Gasteiger partial charge in [0.2, 0.25) is 5.91 Å². The molecule has 0 unspecified atom stereocenters. The normalized spacial score (nSPS) is 14.4. The van der Waals surface area contributed by atoms with Crippen molar-refractivity contribution in [1.29, 1.82) is 0 Å². The van der Waals surface area contributed by atoms with Gasteiger partial charge in [0.1, 0.15) is 0 Å². The van der Waals surface area contributed by atoms with E-state index in [1.54, 1.807) is 4.90 Å². The van der Waals surface area contributed by atoms with Gasteiger partial charge in [0.15, 0.2) is 10.8 Å². The zero-order valence-corrected chi connectivity index (χ0v) is 16.4. The number of thioether (sulfide) groups is 1. The van der Waals surface area contributed by atoms with Crippen molar-refractivity contribution in [2.75, 3.05) is 12.3 Å². The maximum Gasteiger partial charge on any atom is 0.417 e. The number of carbonyl (C=O) groups excluding carboxylic acids is 1. The number of para-hydroxylation sites is 1. The topological polar surface area (TPSA) is 66.3 Å². The molecule has 1 aromatic carbocycles. The van der Waals surface area contributed by atoms with Crippen LogP contribution in [-0.4, -0.2) is 42.7 Å². The molecule has 0 aliphatic carbocycles. The van der Waals surface area contributed by atoms with Crippen molar-refractivity contribution in [2.24, 2.45) is 0 Å². The highest BCUT2D eigenvalue weighted by molar-refractivity contribution is 7.99. The van der Waals surface area contributed by atoms with E-state index >= 15 is 0 Å². The number of carbonyl (C=O) groups is 1. The fraction of sp³-hybridized carbons (Fsp3) is 0.250. The standard InChI is InChI=1S/C20H16F3N5OS/c21-20(22,23)12-5-6-17-25-26-19(28(17)9-12)30-11-18(29)27-8-7-16-14(10-27)13-3-1-2-4-15(13)24-16/h1-6,9,24H,7-8,10-11H2. The summed E-state index contributed by atoms with van der Waals surface area (Å²) < 4.78 is 40.2. The van der Waals surface area contributed by atoms with Crippen LogP contribution in [0.15, 0.2) is 47.8 Å². The van der Waals surface area contributed by atoms with Gasteiger partial charge in [0.25, 0.3) is 0 Å².